The maximum absolute atomic E-state index is 11.7. The number of nitrogens with one attached hydrogen (secondary N) is 1. The Morgan fingerprint density at radius 3 is 2.45 bits per heavy atom. The van der Waals surface area contributed by atoms with Crippen molar-refractivity contribution < 1.29 is 4.79 Å². The Labute approximate surface area is 131 Å². The van der Waals surface area contributed by atoms with E-state index < -0.39 is 0 Å². The number of thioether (sulfide) groups is 1. The number of rotatable bonds is 10. The summed E-state index contributed by atoms with van der Waals surface area (Å²) in [6.45, 7) is 2.23. The zero-order chi connectivity index (χ0) is 14.6. The highest BCUT2D eigenvalue weighted by Crippen LogP contribution is 2.14. The Hall–Kier alpha value is -0.670. The number of anilines is 1. The molecule has 2 nitrogen and oxygen atoms in total. The highest BCUT2D eigenvalue weighted by Gasteiger charge is 2.02. The van der Waals surface area contributed by atoms with Crippen molar-refractivity contribution in [1.82, 2.24) is 0 Å². The van der Waals surface area contributed by atoms with Gasteiger partial charge in [0.2, 0.25) is 5.91 Å². The van der Waals surface area contributed by atoms with Crippen LogP contribution >= 0.6 is 23.4 Å². The van der Waals surface area contributed by atoms with Crippen molar-refractivity contribution in [2.75, 3.05) is 16.8 Å². The third-order valence-corrected chi connectivity index (χ3v) is 4.30. The number of carbonyl (C=O) groups excluding carboxylic acids is 1. The lowest BCUT2D eigenvalue weighted by atomic mass is 10.1. The predicted octanol–water partition coefficient (Wildman–Crippen LogP) is 5.37. The zero-order valence-electron chi connectivity index (χ0n) is 12.2. The maximum Gasteiger partial charge on any atom is 0.234 e. The van der Waals surface area contributed by atoms with Gasteiger partial charge in [0.05, 0.1) is 5.75 Å². The first-order chi connectivity index (χ1) is 9.72. The van der Waals surface area contributed by atoms with Gasteiger partial charge in [0, 0.05) is 10.7 Å². The molecule has 0 atom stereocenters. The average Bonchev–Trinajstić information content (AvgIpc) is 2.44. The summed E-state index contributed by atoms with van der Waals surface area (Å²) in [5, 5.41) is 3.55. The van der Waals surface area contributed by atoms with Crippen molar-refractivity contribution >= 4 is 35.0 Å². The van der Waals surface area contributed by atoms with E-state index in [1.54, 1.807) is 23.9 Å². The lowest BCUT2D eigenvalue weighted by molar-refractivity contribution is -0.113. The number of unbranched alkanes of at least 4 members (excludes halogenated alkanes) is 5. The van der Waals surface area contributed by atoms with E-state index in [0.717, 1.165) is 11.4 Å². The molecule has 1 aromatic carbocycles. The summed E-state index contributed by atoms with van der Waals surface area (Å²) in [6, 6.07) is 7.19. The minimum Gasteiger partial charge on any atom is -0.325 e. The van der Waals surface area contributed by atoms with Crippen LogP contribution in [0.15, 0.2) is 24.3 Å². The van der Waals surface area contributed by atoms with E-state index in [9.17, 15) is 4.79 Å². The van der Waals surface area contributed by atoms with Gasteiger partial charge in [0.15, 0.2) is 0 Å². The smallest absolute Gasteiger partial charge is 0.234 e. The van der Waals surface area contributed by atoms with Crippen LogP contribution in [-0.4, -0.2) is 17.4 Å². The van der Waals surface area contributed by atoms with E-state index in [-0.39, 0.29) is 5.91 Å². The van der Waals surface area contributed by atoms with Crippen LogP contribution in [0.25, 0.3) is 0 Å². The number of carbonyl (C=O) groups is 1. The van der Waals surface area contributed by atoms with E-state index in [1.807, 2.05) is 12.1 Å². The lowest BCUT2D eigenvalue weighted by Gasteiger charge is -2.05. The second kappa shape index (κ2) is 11.0. The predicted molar refractivity (Wildman–Crippen MR) is 90.8 cm³/mol. The quantitative estimate of drug-likeness (QED) is 0.588. The molecule has 0 bridgehead atoms. The molecular weight excluding hydrogens is 290 g/mol. The van der Waals surface area contributed by atoms with E-state index in [4.69, 9.17) is 11.6 Å². The van der Waals surface area contributed by atoms with Gasteiger partial charge in [-0.3, -0.25) is 4.79 Å². The molecule has 0 unspecified atom stereocenters. The molecule has 1 N–H and O–H groups in total. The summed E-state index contributed by atoms with van der Waals surface area (Å²) in [7, 11) is 0. The van der Waals surface area contributed by atoms with Crippen LogP contribution in [-0.2, 0) is 4.79 Å². The molecule has 0 aromatic heterocycles. The van der Waals surface area contributed by atoms with Crippen LogP contribution in [0.1, 0.15) is 45.4 Å². The van der Waals surface area contributed by atoms with Crippen LogP contribution in [0.4, 0.5) is 5.69 Å². The molecule has 0 fully saturated rings. The summed E-state index contributed by atoms with van der Waals surface area (Å²) in [5.41, 5.74) is 0.805. The molecule has 112 valence electrons. The molecule has 4 heteroatoms. The van der Waals surface area contributed by atoms with Crippen molar-refractivity contribution in [3.05, 3.63) is 29.3 Å². The van der Waals surface area contributed by atoms with Crippen molar-refractivity contribution in [3.8, 4) is 0 Å². The Kier molecular flexibility index (Phi) is 9.60. The Balaban J connectivity index is 2.01. The lowest BCUT2D eigenvalue weighted by Crippen LogP contribution is -2.14. The first-order valence-corrected chi connectivity index (χ1v) is 8.89. The van der Waals surface area contributed by atoms with Gasteiger partial charge < -0.3 is 5.32 Å². The molecule has 0 heterocycles. The summed E-state index contributed by atoms with van der Waals surface area (Å²) in [4.78, 5) is 11.7. The number of amides is 1. The third-order valence-electron chi connectivity index (χ3n) is 3.00. The van der Waals surface area contributed by atoms with Gasteiger partial charge in [-0.05, 0) is 36.4 Å². The fourth-order valence-electron chi connectivity index (χ4n) is 1.88. The first-order valence-electron chi connectivity index (χ1n) is 7.35. The number of hydrogen-bond donors (Lipinski definition) is 1. The Morgan fingerprint density at radius 1 is 1.10 bits per heavy atom. The standard InChI is InChI=1S/C16H24ClNOS/c1-2-3-4-5-6-7-12-20-13-16(19)18-15-10-8-14(17)9-11-15/h8-11H,2-7,12-13H2,1H3,(H,18,19). The molecule has 0 spiro atoms. The van der Waals surface area contributed by atoms with Crippen LogP contribution in [0.3, 0.4) is 0 Å². The molecule has 0 saturated heterocycles. The third kappa shape index (κ3) is 8.49. The van der Waals surface area contributed by atoms with Crippen molar-refractivity contribution in [2.45, 2.75) is 45.4 Å². The largest absolute Gasteiger partial charge is 0.325 e. The van der Waals surface area contributed by atoms with Crippen LogP contribution in [0.5, 0.6) is 0 Å². The normalized spacial score (nSPS) is 10.5. The molecule has 1 amide bonds. The minimum absolute atomic E-state index is 0.0586. The van der Waals surface area contributed by atoms with E-state index >= 15 is 0 Å². The number of benzene rings is 1. The molecule has 0 aliphatic carbocycles. The molecule has 0 saturated carbocycles. The fraction of sp³-hybridized carbons (Fsp3) is 0.562. The molecule has 1 rings (SSSR count). The van der Waals surface area contributed by atoms with Crippen molar-refractivity contribution in [3.63, 3.8) is 0 Å². The van der Waals surface area contributed by atoms with Gasteiger partial charge in [-0.15, -0.1) is 0 Å². The van der Waals surface area contributed by atoms with Crippen LogP contribution in [0, 0.1) is 0 Å². The number of hydrogen-bond acceptors (Lipinski definition) is 2. The molecule has 20 heavy (non-hydrogen) atoms. The molecule has 0 aliphatic heterocycles. The Bertz CT molecular complexity index is 381. The minimum atomic E-state index is 0.0586. The molecular formula is C16H24ClNOS. The van der Waals surface area contributed by atoms with Gasteiger partial charge in [0.25, 0.3) is 0 Å². The second-order valence-corrected chi connectivity index (χ2v) is 6.42. The molecule has 0 aliphatic rings. The highest BCUT2D eigenvalue weighted by molar-refractivity contribution is 7.99. The average molecular weight is 314 g/mol. The molecule has 0 radical (unpaired) electrons. The van der Waals surface area contributed by atoms with Gasteiger partial charge in [-0.1, -0.05) is 50.6 Å². The number of halogens is 1. The fourth-order valence-corrected chi connectivity index (χ4v) is 2.82. The second-order valence-electron chi connectivity index (χ2n) is 4.88. The van der Waals surface area contributed by atoms with Crippen molar-refractivity contribution in [2.24, 2.45) is 0 Å². The van der Waals surface area contributed by atoms with Crippen molar-refractivity contribution in [1.29, 1.82) is 0 Å². The van der Waals surface area contributed by atoms with Crippen LogP contribution in [0.2, 0.25) is 5.02 Å². The topological polar surface area (TPSA) is 29.1 Å². The van der Waals surface area contributed by atoms with E-state index in [2.05, 4.69) is 12.2 Å². The summed E-state index contributed by atoms with van der Waals surface area (Å²) in [6.07, 6.45) is 7.80. The van der Waals surface area contributed by atoms with Gasteiger partial charge >= 0.3 is 0 Å². The van der Waals surface area contributed by atoms with Crippen LogP contribution < -0.4 is 5.32 Å². The highest BCUT2D eigenvalue weighted by atomic mass is 35.5. The van der Waals surface area contributed by atoms with Gasteiger partial charge in [-0.2, -0.15) is 11.8 Å². The van der Waals surface area contributed by atoms with Gasteiger partial charge in [0.1, 0.15) is 0 Å². The van der Waals surface area contributed by atoms with E-state index in [0.29, 0.717) is 10.8 Å². The van der Waals surface area contributed by atoms with E-state index in [1.165, 1.54) is 38.5 Å². The summed E-state index contributed by atoms with van der Waals surface area (Å²) < 4.78 is 0. The zero-order valence-corrected chi connectivity index (χ0v) is 13.7. The Morgan fingerprint density at radius 2 is 1.75 bits per heavy atom. The summed E-state index contributed by atoms with van der Waals surface area (Å²) >= 11 is 7.50. The SMILES string of the molecule is CCCCCCCCSCC(=O)Nc1ccc(Cl)cc1. The molecule has 1 aromatic rings. The monoisotopic (exact) mass is 313 g/mol. The summed E-state index contributed by atoms with van der Waals surface area (Å²) in [5.74, 6) is 1.65. The van der Waals surface area contributed by atoms with Gasteiger partial charge in [-0.25, -0.2) is 0 Å². The first kappa shape index (κ1) is 17.4. The maximum atomic E-state index is 11.7.